The van der Waals surface area contributed by atoms with Crippen LogP contribution in [0.5, 0.6) is 0 Å². The Balaban J connectivity index is 0.000000415. The minimum atomic E-state index is 0.139. The lowest BCUT2D eigenvalue weighted by atomic mass is 10.2. The monoisotopic (exact) mass is 268 g/mol. The molecule has 1 aromatic heterocycles. The average molecular weight is 268 g/mol. The Labute approximate surface area is 117 Å². The van der Waals surface area contributed by atoms with Gasteiger partial charge in [-0.15, -0.1) is 37.7 Å². The van der Waals surface area contributed by atoms with Crippen LogP contribution in [0.2, 0.25) is 0 Å². The van der Waals surface area contributed by atoms with E-state index in [2.05, 4.69) is 26.3 Å². The molecule has 2 aromatic carbocycles. The van der Waals surface area contributed by atoms with E-state index >= 15 is 0 Å². The van der Waals surface area contributed by atoms with Crippen LogP contribution in [0.3, 0.4) is 0 Å². The average Bonchev–Trinajstić information content (AvgIpc) is 2.52. The van der Waals surface area contributed by atoms with Gasteiger partial charge in [0, 0.05) is 20.2 Å². The van der Waals surface area contributed by atoms with Gasteiger partial charge in [-0.05, 0) is 24.3 Å². The third kappa shape index (κ3) is 2.98. The van der Waals surface area contributed by atoms with Gasteiger partial charge in [0.1, 0.15) is 0 Å². The Hall–Kier alpha value is -2.19. The number of rotatable bonds is 0. The molecule has 0 saturated carbocycles. The SMILES string of the molecule is C=C.C=C.O=c1c2ccccc2sc2ccccc12. The minimum absolute atomic E-state index is 0.139. The van der Waals surface area contributed by atoms with Crippen molar-refractivity contribution in [3.05, 3.63) is 85.1 Å². The summed E-state index contributed by atoms with van der Waals surface area (Å²) < 4.78 is 2.11. The van der Waals surface area contributed by atoms with Gasteiger partial charge in [0.05, 0.1) is 0 Å². The summed E-state index contributed by atoms with van der Waals surface area (Å²) in [5, 5.41) is 1.64. The standard InChI is InChI=1S/C13H8OS.2C2H4/c14-13-9-5-1-3-7-11(9)15-12-8-4-2-6-10(12)13;2*1-2/h1-8H;2*1-2H2. The van der Waals surface area contributed by atoms with Crippen LogP contribution < -0.4 is 5.43 Å². The summed E-state index contributed by atoms with van der Waals surface area (Å²) in [4.78, 5) is 12.1. The maximum Gasteiger partial charge on any atom is 0.195 e. The molecular formula is C17H16OS. The normalized spacial score (nSPS) is 9.05. The first kappa shape index (κ1) is 14.9. The zero-order valence-corrected chi connectivity index (χ0v) is 11.6. The lowest BCUT2D eigenvalue weighted by molar-refractivity contribution is 1.75. The predicted octanol–water partition coefficient (Wildman–Crippen LogP) is 5.02. The summed E-state index contributed by atoms with van der Waals surface area (Å²) in [6, 6.07) is 15.5. The number of hydrogen-bond donors (Lipinski definition) is 0. The van der Waals surface area contributed by atoms with Crippen molar-refractivity contribution in [2.24, 2.45) is 0 Å². The van der Waals surface area contributed by atoms with Crippen molar-refractivity contribution in [2.75, 3.05) is 0 Å². The molecule has 0 spiro atoms. The quantitative estimate of drug-likeness (QED) is 0.413. The molecule has 0 radical (unpaired) electrons. The molecule has 0 N–H and O–H groups in total. The highest BCUT2D eigenvalue weighted by Crippen LogP contribution is 2.23. The fourth-order valence-electron chi connectivity index (χ4n) is 1.75. The van der Waals surface area contributed by atoms with Crippen LogP contribution in [-0.2, 0) is 0 Å². The first-order valence-electron chi connectivity index (χ1n) is 5.77. The van der Waals surface area contributed by atoms with Crippen LogP contribution in [0.1, 0.15) is 0 Å². The fourth-order valence-corrected chi connectivity index (χ4v) is 2.82. The van der Waals surface area contributed by atoms with Gasteiger partial charge in [0.2, 0.25) is 0 Å². The Morgan fingerprint density at radius 2 is 1.05 bits per heavy atom. The van der Waals surface area contributed by atoms with Crippen LogP contribution in [0.15, 0.2) is 79.6 Å². The van der Waals surface area contributed by atoms with E-state index in [1.165, 1.54) is 0 Å². The fraction of sp³-hybridized carbons (Fsp3) is 0. The van der Waals surface area contributed by atoms with E-state index in [0.717, 1.165) is 20.2 Å². The molecule has 0 atom stereocenters. The number of fused-ring (bicyclic) bond motifs is 2. The smallest absolute Gasteiger partial charge is 0.195 e. The maximum absolute atomic E-state index is 12.1. The Morgan fingerprint density at radius 1 is 0.684 bits per heavy atom. The van der Waals surface area contributed by atoms with Gasteiger partial charge in [-0.2, -0.15) is 0 Å². The molecule has 2 heteroatoms. The zero-order valence-electron chi connectivity index (χ0n) is 10.8. The summed E-state index contributed by atoms with van der Waals surface area (Å²) in [6.45, 7) is 12.0. The van der Waals surface area contributed by atoms with Gasteiger partial charge < -0.3 is 0 Å². The van der Waals surface area contributed by atoms with E-state index in [4.69, 9.17) is 0 Å². The highest BCUT2D eigenvalue weighted by atomic mass is 32.1. The molecular weight excluding hydrogens is 252 g/mol. The van der Waals surface area contributed by atoms with Crippen LogP contribution in [0.25, 0.3) is 20.2 Å². The summed E-state index contributed by atoms with van der Waals surface area (Å²) in [5.41, 5.74) is 0.139. The van der Waals surface area contributed by atoms with Crippen LogP contribution >= 0.6 is 11.3 Å². The van der Waals surface area contributed by atoms with E-state index in [-0.39, 0.29) is 5.43 Å². The highest BCUT2D eigenvalue weighted by Gasteiger charge is 2.03. The Kier molecular flexibility index (Phi) is 5.71. The molecule has 0 aliphatic heterocycles. The topological polar surface area (TPSA) is 17.1 Å². The first-order valence-corrected chi connectivity index (χ1v) is 6.58. The summed E-state index contributed by atoms with van der Waals surface area (Å²) >= 11 is 1.67. The second-order valence-corrected chi connectivity index (χ2v) is 4.51. The Bertz CT molecular complexity index is 669. The molecule has 0 aliphatic rings. The molecule has 0 fully saturated rings. The van der Waals surface area contributed by atoms with Gasteiger partial charge in [-0.3, -0.25) is 4.79 Å². The first-order chi connectivity index (χ1) is 9.36. The molecule has 0 unspecified atom stereocenters. The van der Waals surface area contributed by atoms with Gasteiger partial charge >= 0.3 is 0 Å². The molecule has 1 nitrogen and oxygen atoms in total. The van der Waals surface area contributed by atoms with E-state index in [9.17, 15) is 4.79 Å². The second kappa shape index (κ2) is 7.29. The van der Waals surface area contributed by atoms with E-state index in [0.29, 0.717) is 0 Å². The number of hydrogen-bond acceptors (Lipinski definition) is 2. The van der Waals surface area contributed by atoms with E-state index < -0.39 is 0 Å². The molecule has 3 rings (SSSR count). The lowest BCUT2D eigenvalue weighted by Crippen LogP contribution is -1.99. The summed E-state index contributed by atoms with van der Waals surface area (Å²) in [6.07, 6.45) is 0. The minimum Gasteiger partial charge on any atom is -0.289 e. The summed E-state index contributed by atoms with van der Waals surface area (Å²) in [7, 11) is 0. The van der Waals surface area contributed by atoms with Crippen LogP contribution in [0.4, 0.5) is 0 Å². The molecule has 0 saturated heterocycles. The maximum atomic E-state index is 12.1. The van der Waals surface area contributed by atoms with Crippen LogP contribution in [0, 0.1) is 0 Å². The van der Waals surface area contributed by atoms with Gasteiger partial charge in [-0.25, -0.2) is 0 Å². The zero-order chi connectivity index (χ0) is 14.3. The van der Waals surface area contributed by atoms with Crippen molar-refractivity contribution in [1.29, 1.82) is 0 Å². The van der Waals surface area contributed by atoms with E-state index in [1.807, 2.05) is 48.5 Å². The van der Waals surface area contributed by atoms with E-state index in [1.54, 1.807) is 11.3 Å². The molecule has 96 valence electrons. The Morgan fingerprint density at radius 3 is 1.47 bits per heavy atom. The second-order valence-electron chi connectivity index (χ2n) is 3.42. The van der Waals surface area contributed by atoms with Gasteiger partial charge in [-0.1, -0.05) is 24.3 Å². The molecule has 0 aliphatic carbocycles. The molecule has 1 heterocycles. The molecule has 19 heavy (non-hydrogen) atoms. The van der Waals surface area contributed by atoms with Gasteiger partial charge in [0.25, 0.3) is 0 Å². The molecule has 0 amide bonds. The molecule has 3 aromatic rings. The third-order valence-electron chi connectivity index (χ3n) is 2.48. The summed E-state index contributed by atoms with van der Waals surface area (Å²) in [5.74, 6) is 0. The lowest BCUT2D eigenvalue weighted by Gasteiger charge is -1.99. The van der Waals surface area contributed by atoms with Crippen molar-refractivity contribution in [3.63, 3.8) is 0 Å². The van der Waals surface area contributed by atoms with Crippen molar-refractivity contribution in [1.82, 2.24) is 0 Å². The third-order valence-corrected chi connectivity index (χ3v) is 3.64. The van der Waals surface area contributed by atoms with Crippen molar-refractivity contribution >= 4 is 31.5 Å². The largest absolute Gasteiger partial charge is 0.289 e. The van der Waals surface area contributed by atoms with Gasteiger partial charge in [0.15, 0.2) is 5.43 Å². The number of benzene rings is 2. The molecule has 0 bridgehead atoms. The predicted molar refractivity (Wildman–Crippen MR) is 88.1 cm³/mol. The highest BCUT2D eigenvalue weighted by molar-refractivity contribution is 7.24. The van der Waals surface area contributed by atoms with Crippen LogP contribution in [-0.4, -0.2) is 0 Å². The van der Waals surface area contributed by atoms with Crippen molar-refractivity contribution in [2.45, 2.75) is 0 Å². The van der Waals surface area contributed by atoms with Crippen molar-refractivity contribution in [3.8, 4) is 0 Å². The van der Waals surface area contributed by atoms with Crippen molar-refractivity contribution < 1.29 is 0 Å².